The number of primary amides is 1. The zero-order chi connectivity index (χ0) is 12.3. The maximum Gasteiger partial charge on any atom is 0.271 e. The van der Waals surface area contributed by atoms with Gasteiger partial charge < -0.3 is 15.6 Å². The molecule has 0 aliphatic rings. The molecule has 2 aromatic rings. The van der Waals surface area contributed by atoms with Crippen LogP contribution >= 0.6 is 0 Å². The molecule has 0 saturated carbocycles. The number of benzene rings is 1. The molecule has 0 spiro atoms. The van der Waals surface area contributed by atoms with Crippen molar-refractivity contribution in [3.63, 3.8) is 0 Å². The van der Waals surface area contributed by atoms with Crippen LogP contribution in [0, 0.1) is 0 Å². The Bertz CT molecular complexity index is 519. The number of imidazole rings is 1. The minimum Gasteiger partial charge on any atom is -0.364 e. The van der Waals surface area contributed by atoms with Crippen LogP contribution in [0.4, 0.5) is 11.5 Å². The first-order chi connectivity index (χ1) is 8.22. The SMILES string of the molecule is CCn1cnc(C(N)=O)c1Nc1ccccc1. The Morgan fingerprint density at radius 2 is 2.12 bits per heavy atom. The van der Waals surface area contributed by atoms with Crippen molar-refractivity contribution in [2.45, 2.75) is 13.5 Å². The second-order valence-corrected chi connectivity index (χ2v) is 3.58. The van der Waals surface area contributed by atoms with Crippen LogP contribution in [0.5, 0.6) is 0 Å². The molecule has 5 heteroatoms. The van der Waals surface area contributed by atoms with E-state index in [1.807, 2.05) is 41.8 Å². The number of rotatable bonds is 4. The molecular weight excluding hydrogens is 216 g/mol. The van der Waals surface area contributed by atoms with Gasteiger partial charge in [-0.15, -0.1) is 0 Å². The average molecular weight is 230 g/mol. The molecule has 88 valence electrons. The fourth-order valence-electron chi connectivity index (χ4n) is 1.59. The highest BCUT2D eigenvalue weighted by molar-refractivity contribution is 5.96. The summed E-state index contributed by atoms with van der Waals surface area (Å²) in [5.41, 5.74) is 6.44. The summed E-state index contributed by atoms with van der Waals surface area (Å²) in [6.07, 6.45) is 1.60. The lowest BCUT2D eigenvalue weighted by atomic mass is 10.3. The van der Waals surface area contributed by atoms with Crippen LogP contribution in [0.15, 0.2) is 36.7 Å². The summed E-state index contributed by atoms with van der Waals surface area (Å²) < 4.78 is 1.84. The Morgan fingerprint density at radius 3 is 2.71 bits per heavy atom. The Morgan fingerprint density at radius 1 is 1.41 bits per heavy atom. The average Bonchev–Trinajstić information content (AvgIpc) is 2.73. The predicted octanol–water partition coefficient (Wildman–Crippen LogP) is 1.75. The lowest BCUT2D eigenvalue weighted by molar-refractivity contribution is 0.0997. The van der Waals surface area contributed by atoms with Gasteiger partial charge in [0.2, 0.25) is 0 Å². The van der Waals surface area contributed by atoms with Crippen molar-refractivity contribution < 1.29 is 4.79 Å². The van der Waals surface area contributed by atoms with Crippen molar-refractivity contribution >= 4 is 17.4 Å². The van der Waals surface area contributed by atoms with Gasteiger partial charge in [-0.3, -0.25) is 4.79 Å². The number of nitrogens with one attached hydrogen (secondary N) is 1. The van der Waals surface area contributed by atoms with Crippen LogP contribution in [-0.4, -0.2) is 15.5 Å². The van der Waals surface area contributed by atoms with Gasteiger partial charge in [0.25, 0.3) is 5.91 Å². The van der Waals surface area contributed by atoms with E-state index >= 15 is 0 Å². The molecule has 1 aromatic heterocycles. The first-order valence-electron chi connectivity index (χ1n) is 5.39. The van der Waals surface area contributed by atoms with E-state index in [1.54, 1.807) is 6.33 Å². The lowest BCUT2D eigenvalue weighted by Gasteiger charge is -2.09. The van der Waals surface area contributed by atoms with E-state index in [1.165, 1.54) is 0 Å². The van der Waals surface area contributed by atoms with Crippen LogP contribution in [0.25, 0.3) is 0 Å². The van der Waals surface area contributed by atoms with E-state index in [0.717, 1.165) is 12.2 Å². The zero-order valence-electron chi connectivity index (χ0n) is 9.55. The molecule has 1 amide bonds. The van der Waals surface area contributed by atoms with Crippen molar-refractivity contribution in [2.24, 2.45) is 5.73 Å². The monoisotopic (exact) mass is 230 g/mol. The number of carbonyl (C=O) groups is 1. The van der Waals surface area contributed by atoms with Crippen LogP contribution < -0.4 is 11.1 Å². The molecule has 0 bridgehead atoms. The number of para-hydroxylation sites is 1. The summed E-state index contributed by atoms with van der Waals surface area (Å²) in [6.45, 7) is 2.69. The number of aromatic nitrogens is 2. The third-order valence-corrected chi connectivity index (χ3v) is 2.45. The minimum absolute atomic E-state index is 0.260. The predicted molar refractivity (Wildman–Crippen MR) is 66.1 cm³/mol. The summed E-state index contributed by atoms with van der Waals surface area (Å²) in [5, 5.41) is 3.15. The van der Waals surface area contributed by atoms with Gasteiger partial charge in [-0.1, -0.05) is 18.2 Å². The van der Waals surface area contributed by atoms with Gasteiger partial charge in [-0.25, -0.2) is 4.98 Å². The van der Waals surface area contributed by atoms with Gasteiger partial charge in [0, 0.05) is 12.2 Å². The van der Waals surface area contributed by atoms with E-state index in [2.05, 4.69) is 10.3 Å². The topological polar surface area (TPSA) is 72.9 Å². The second kappa shape index (κ2) is 4.69. The highest BCUT2D eigenvalue weighted by Crippen LogP contribution is 2.19. The van der Waals surface area contributed by atoms with Crippen molar-refractivity contribution in [1.29, 1.82) is 0 Å². The molecule has 0 saturated heterocycles. The summed E-state index contributed by atoms with van der Waals surface area (Å²) in [7, 11) is 0. The maximum absolute atomic E-state index is 11.2. The molecule has 1 heterocycles. The third-order valence-electron chi connectivity index (χ3n) is 2.45. The highest BCUT2D eigenvalue weighted by atomic mass is 16.1. The summed E-state index contributed by atoms with van der Waals surface area (Å²) >= 11 is 0. The van der Waals surface area contributed by atoms with Crippen molar-refractivity contribution in [2.75, 3.05) is 5.32 Å². The Hall–Kier alpha value is -2.30. The Balaban J connectivity index is 2.37. The van der Waals surface area contributed by atoms with E-state index in [4.69, 9.17) is 5.73 Å². The molecule has 2 rings (SSSR count). The van der Waals surface area contributed by atoms with Crippen LogP contribution in [0.2, 0.25) is 0 Å². The quantitative estimate of drug-likeness (QED) is 0.840. The lowest BCUT2D eigenvalue weighted by Crippen LogP contribution is -2.14. The van der Waals surface area contributed by atoms with Gasteiger partial charge in [0.15, 0.2) is 5.69 Å². The number of carbonyl (C=O) groups excluding carboxylic acids is 1. The maximum atomic E-state index is 11.2. The van der Waals surface area contributed by atoms with E-state index in [9.17, 15) is 4.79 Å². The van der Waals surface area contributed by atoms with Crippen LogP contribution in [-0.2, 0) is 6.54 Å². The molecule has 0 atom stereocenters. The number of aryl methyl sites for hydroxylation is 1. The largest absolute Gasteiger partial charge is 0.364 e. The Kier molecular flexibility index (Phi) is 3.09. The smallest absolute Gasteiger partial charge is 0.271 e. The normalized spacial score (nSPS) is 10.2. The molecule has 0 aliphatic heterocycles. The Labute approximate surface area is 99.3 Å². The fourth-order valence-corrected chi connectivity index (χ4v) is 1.59. The fraction of sp³-hybridized carbons (Fsp3) is 0.167. The van der Waals surface area contributed by atoms with Crippen molar-refractivity contribution in [1.82, 2.24) is 9.55 Å². The van der Waals surface area contributed by atoms with Crippen molar-refractivity contribution in [3.05, 3.63) is 42.4 Å². The molecule has 3 N–H and O–H groups in total. The van der Waals surface area contributed by atoms with Gasteiger partial charge in [-0.05, 0) is 19.1 Å². The molecular formula is C12H14N4O. The minimum atomic E-state index is -0.532. The first kappa shape index (κ1) is 11.2. The van der Waals surface area contributed by atoms with Gasteiger partial charge in [0.1, 0.15) is 5.82 Å². The van der Waals surface area contributed by atoms with Crippen LogP contribution in [0.1, 0.15) is 17.4 Å². The molecule has 0 unspecified atom stereocenters. The number of nitrogens with two attached hydrogens (primary N) is 1. The number of hydrogen-bond acceptors (Lipinski definition) is 3. The van der Waals surface area contributed by atoms with Gasteiger partial charge >= 0.3 is 0 Å². The highest BCUT2D eigenvalue weighted by Gasteiger charge is 2.14. The van der Waals surface area contributed by atoms with E-state index in [0.29, 0.717) is 5.82 Å². The first-order valence-corrected chi connectivity index (χ1v) is 5.39. The number of anilines is 2. The third kappa shape index (κ3) is 2.28. The van der Waals surface area contributed by atoms with E-state index in [-0.39, 0.29) is 5.69 Å². The molecule has 0 radical (unpaired) electrons. The van der Waals surface area contributed by atoms with Gasteiger partial charge in [-0.2, -0.15) is 0 Å². The molecule has 0 aliphatic carbocycles. The van der Waals surface area contributed by atoms with Gasteiger partial charge in [0.05, 0.1) is 6.33 Å². The summed E-state index contributed by atoms with van der Waals surface area (Å²) in [4.78, 5) is 15.3. The number of nitrogens with zero attached hydrogens (tertiary/aromatic N) is 2. The molecule has 0 fully saturated rings. The van der Waals surface area contributed by atoms with Crippen molar-refractivity contribution in [3.8, 4) is 0 Å². The number of hydrogen-bond donors (Lipinski definition) is 2. The zero-order valence-corrected chi connectivity index (χ0v) is 9.55. The molecule has 1 aromatic carbocycles. The molecule has 5 nitrogen and oxygen atoms in total. The number of amides is 1. The summed E-state index contributed by atoms with van der Waals surface area (Å²) in [5.74, 6) is 0.0989. The van der Waals surface area contributed by atoms with E-state index < -0.39 is 5.91 Å². The molecule has 17 heavy (non-hydrogen) atoms. The standard InChI is InChI=1S/C12H14N4O/c1-2-16-8-14-10(11(13)17)12(16)15-9-6-4-3-5-7-9/h3-8,15H,2H2,1H3,(H2,13,17). The summed E-state index contributed by atoms with van der Waals surface area (Å²) in [6, 6.07) is 9.59. The second-order valence-electron chi connectivity index (χ2n) is 3.58. The van der Waals surface area contributed by atoms with Crippen LogP contribution in [0.3, 0.4) is 0 Å².